The Bertz CT molecular complexity index is 796. The highest BCUT2D eigenvalue weighted by Crippen LogP contribution is 2.22. The first kappa shape index (κ1) is 17.7. The molecule has 134 valence electrons. The minimum atomic E-state index is -0.419. The molecule has 1 aliphatic heterocycles. The number of ether oxygens (including phenoxy) is 1. The summed E-state index contributed by atoms with van der Waals surface area (Å²) in [6.45, 7) is 2.73. The highest BCUT2D eigenvalue weighted by Gasteiger charge is 2.22. The standard InChI is InChI=1S/C20H20FN3O2/c21-17-6-7-19(16(14-17)15-22)23-9-11-24(12-10-23)20(25)8-13-26-18-4-2-1-3-5-18/h1-7,14H,8-13H2. The maximum Gasteiger partial charge on any atom is 0.226 e. The number of piperazine rings is 1. The van der Waals surface area contributed by atoms with Gasteiger partial charge in [-0.2, -0.15) is 5.26 Å². The Morgan fingerprint density at radius 1 is 1.12 bits per heavy atom. The summed E-state index contributed by atoms with van der Waals surface area (Å²) in [4.78, 5) is 16.1. The third-order valence-electron chi connectivity index (χ3n) is 4.38. The van der Waals surface area contributed by atoms with Crippen LogP contribution in [0.3, 0.4) is 0 Å². The van der Waals surface area contributed by atoms with Crippen molar-refractivity contribution in [2.75, 3.05) is 37.7 Å². The van der Waals surface area contributed by atoms with Crippen molar-refractivity contribution in [2.45, 2.75) is 6.42 Å². The molecule has 0 spiro atoms. The first-order valence-corrected chi connectivity index (χ1v) is 8.57. The number of carbonyl (C=O) groups excluding carboxylic acids is 1. The van der Waals surface area contributed by atoms with E-state index < -0.39 is 5.82 Å². The van der Waals surface area contributed by atoms with Gasteiger partial charge in [0.25, 0.3) is 0 Å². The van der Waals surface area contributed by atoms with Crippen molar-refractivity contribution in [2.24, 2.45) is 0 Å². The number of hydrogen-bond acceptors (Lipinski definition) is 4. The molecule has 1 saturated heterocycles. The second-order valence-corrected chi connectivity index (χ2v) is 6.05. The minimum Gasteiger partial charge on any atom is -0.493 e. The van der Waals surface area contributed by atoms with E-state index in [4.69, 9.17) is 4.74 Å². The molecule has 0 saturated carbocycles. The molecule has 1 aliphatic rings. The number of carbonyl (C=O) groups is 1. The minimum absolute atomic E-state index is 0.0557. The van der Waals surface area contributed by atoms with E-state index in [9.17, 15) is 14.4 Å². The van der Waals surface area contributed by atoms with Crippen LogP contribution in [0.5, 0.6) is 5.75 Å². The van der Waals surface area contributed by atoms with Gasteiger partial charge in [-0.3, -0.25) is 4.79 Å². The zero-order valence-electron chi connectivity index (χ0n) is 14.4. The highest BCUT2D eigenvalue weighted by molar-refractivity contribution is 5.76. The van der Waals surface area contributed by atoms with Crippen LogP contribution in [0.15, 0.2) is 48.5 Å². The fourth-order valence-electron chi connectivity index (χ4n) is 3.00. The Morgan fingerprint density at radius 2 is 1.85 bits per heavy atom. The molecule has 0 atom stereocenters. The van der Waals surface area contributed by atoms with Crippen LogP contribution < -0.4 is 9.64 Å². The van der Waals surface area contributed by atoms with E-state index in [1.807, 2.05) is 41.3 Å². The van der Waals surface area contributed by atoms with E-state index in [1.54, 1.807) is 11.0 Å². The van der Waals surface area contributed by atoms with Gasteiger partial charge in [-0.15, -0.1) is 0 Å². The lowest BCUT2D eigenvalue weighted by Crippen LogP contribution is -2.49. The molecule has 26 heavy (non-hydrogen) atoms. The molecular formula is C20H20FN3O2. The number of nitriles is 1. The zero-order chi connectivity index (χ0) is 18.4. The van der Waals surface area contributed by atoms with Gasteiger partial charge in [-0.1, -0.05) is 18.2 Å². The quantitative estimate of drug-likeness (QED) is 0.829. The van der Waals surface area contributed by atoms with Crippen LogP contribution in [0.25, 0.3) is 0 Å². The normalized spacial score (nSPS) is 14.0. The monoisotopic (exact) mass is 353 g/mol. The van der Waals surface area contributed by atoms with Gasteiger partial charge in [0.05, 0.1) is 24.3 Å². The number of amides is 1. The smallest absolute Gasteiger partial charge is 0.226 e. The van der Waals surface area contributed by atoms with E-state index in [1.165, 1.54) is 12.1 Å². The Hall–Kier alpha value is -3.07. The van der Waals surface area contributed by atoms with E-state index >= 15 is 0 Å². The van der Waals surface area contributed by atoms with E-state index in [2.05, 4.69) is 0 Å². The first-order valence-electron chi connectivity index (χ1n) is 8.57. The average molecular weight is 353 g/mol. The SMILES string of the molecule is N#Cc1cc(F)ccc1N1CCN(C(=O)CCOc2ccccc2)CC1. The summed E-state index contributed by atoms with van der Waals surface area (Å²) in [6.07, 6.45) is 0.328. The molecule has 2 aromatic rings. The molecule has 1 amide bonds. The van der Waals surface area contributed by atoms with Crippen molar-refractivity contribution in [1.29, 1.82) is 5.26 Å². The fourth-order valence-corrected chi connectivity index (χ4v) is 3.00. The van der Waals surface area contributed by atoms with Crippen molar-refractivity contribution in [3.05, 3.63) is 59.9 Å². The predicted molar refractivity (Wildman–Crippen MR) is 96.5 cm³/mol. The number of benzene rings is 2. The molecule has 3 rings (SSSR count). The molecule has 1 fully saturated rings. The lowest BCUT2D eigenvalue weighted by molar-refractivity contribution is -0.132. The van der Waals surface area contributed by atoms with Crippen LogP contribution >= 0.6 is 0 Å². The summed E-state index contributed by atoms with van der Waals surface area (Å²) >= 11 is 0. The molecule has 0 aromatic heterocycles. The third kappa shape index (κ3) is 4.31. The van der Waals surface area contributed by atoms with Crippen LogP contribution in [0.2, 0.25) is 0 Å². The Morgan fingerprint density at radius 3 is 2.54 bits per heavy atom. The van der Waals surface area contributed by atoms with Gasteiger partial charge in [0.2, 0.25) is 5.91 Å². The van der Waals surface area contributed by atoms with Gasteiger partial charge in [-0.25, -0.2) is 4.39 Å². The molecule has 6 heteroatoms. The van der Waals surface area contributed by atoms with Crippen molar-refractivity contribution in [3.63, 3.8) is 0 Å². The molecule has 2 aromatic carbocycles. The highest BCUT2D eigenvalue weighted by atomic mass is 19.1. The van der Waals surface area contributed by atoms with E-state index in [0.29, 0.717) is 50.5 Å². The van der Waals surface area contributed by atoms with Crippen molar-refractivity contribution in [3.8, 4) is 11.8 Å². The summed E-state index contributed by atoms with van der Waals surface area (Å²) < 4.78 is 18.8. The Labute approximate surface area is 152 Å². The summed E-state index contributed by atoms with van der Waals surface area (Å²) in [6, 6.07) is 15.7. The topological polar surface area (TPSA) is 56.6 Å². The first-order chi connectivity index (χ1) is 12.7. The van der Waals surface area contributed by atoms with E-state index in [0.717, 1.165) is 5.75 Å². The maximum absolute atomic E-state index is 13.3. The fraction of sp³-hybridized carbons (Fsp3) is 0.300. The van der Waals surface area contributed by atoms with Gasteiger partial charge in [0, 0.05) is 26.2 Å². The number of para-hydroxylation sites is 1. The molecule has 0 aliphatic carbocycles. The van der Waals surface area contributed by atoms with Gasteiger partial charge < -0.3 is 14.5 Å². The van der Waals surface area contributed by atoms with Gasteiger partial charge in [0.1, 0.15) is 17.6 Å². The maximum atomic E-state index is 13.3. The number of halogens is 1. The molecule has 0 radical (unpaired) electrons. The van der Waals surface area contributed by atoms with Gasteiger partial charge >= 0.3 is 0 Å². The lowest BCUT2D eigenvalue weighted by atomic mass is 10.1. The van der Waals surface area contributed by atoms with Crippen LogP contribution in [-0.2, 0) is 4.79 Å². The second kappa shape index (κ2) is 8.34. The summed E-state index contributed by atoms with van der Waals surface area (Å²) in [5, 5.41) is 9.18. The second-order valence-electron chi connectivity index (χ2n) is 6.05. The van der Waals surface area contributed by atoms with Crippen molar-refractivity contribution >= 4 is 11.6 Å². The number of hydrogen-bond donors (Lipinski definition) is 0. The van der Waals surface area contributed by atoms with E-state index in [-0.39, 0.29) is 5.91 Å². The van der Waals surface area contributed by atoms with Crippen molar-refractivity contribution < 1.29 is 13.9 Å². The Kier molecular flexibility index (Phi) is 5.69. The third-order valence-corrected chi connectivity index (χ3v) is 4.38. The molecule has 0 unspecified atom stereocenters. The molecular weight excluding hydrogens is 333 g/mol. The van der Waals surface area contributed by atoms with Crippen LogP contribution in [0.1, 0.15) is 12.0 Å². The molecule has 0 N–H and O–H groups in total. The lowest BCUT2D eigenvalue weighted by Gasteiger charge is -2.36. The largest absolute Gasteiger partial charge is 0.493 e. The number of anilines is 1. The Balaban J connectivity index is 1.49. The molecule has 5 nitrogen and oxygen atoms in total. The van der Waals surface area contributed by atoms with Gasteiger partial charge in [0.15, 0.2) is 0 Å². The van der Waals surface area contributed by atoms with Crippen LogP contribution in [-0.4, -0.2) is 43.6 Å². The predicted octanol–water partition coefficient (Wildman–Crippen LogP) is 2.82. The summed E-state index contributed by atoms with van der Waals surface area (Å²) in [5.74, 6) is 0.392. The zero-order valence-corrected chi connectivity index (χ0v) is 14.4. The molecule has 1 heterocycles. The van der Waals surface area contributed by atoms with Crippen LogP contribution in [0.4, 0.5) is 10.1 Å². The number of rotatable bonds is 5. The summed E-state index contributed by atoms with van der Waals surface area (Å²) in [7, 11) is 0. The van der Waals surface area contributed by atoms with Crippen LogP contribution in [0, 0.1) is 17.1 Å². The van der Waals surface area contributed by atoms with Crippen molar-refractivity contribution in [1.82, 2.24) is 4.90 Å². The molecule has 0 bridgehead atoms. The average Bonchev–Trinajstić information content (AvgIpc) is 2.69. The summed E-state index contributed by atoms with van der Waals surface area (Å²) in [5.41, 5.74) is 1.04. The number of nitrogens with zero attached hydrogens (tertiary/aromatic N) is 3. The van der Waals surface area contributed by atoms with Gasteiger partial charge in [-0.05, 0) is 30.3 Å².